The zero-order valence-electron chi connectivity index (χ0n) is 14.7. The van der Waals surface area contributed by atoms with E-state index in [4.69, 9.17) is 4.74 Å². The summed E-state index contributed by atoms with van der Waals surface area (Å²) in [4.78, 5) is 26.9. The number of ketones is 1. The molecule has 2 fully saturated rings. The molecule has 4 atom stereocenters. The lowest BCUT2D eigenvalue weighted by Crippen LogP contribution is -2.55. The van der Waals surface area contributed by atoms with Crippen molar-refractivity contribution < 1.29 is 14.3 Å². The molecular weight excluding hydrogens is 278 g/mol. The maximum absolute atomic E-state index is 12.7. The Morgan fingerprint density at radius 3 is 2.50 bits per heavy atom. The summed E-state index contributed by atoms with van der Waals surface area (Å²) in [7, 11) is 0. The average molecular weight is 309 g/mol. The number of nitrogens with zero attached hydrogens (tertiary/aromatic N) is 1. The molecule has 126 valence electrons. The summed E-state index contributed by atoms with van der Waals surface area (Å²) in [6, 6.07) is 0.174. The molecule has 2 rings (SSSR count). The van der Waals surface area contributed by atoms with E-state index in [9.17, 15) is 9.59 Å². The van der Waals surface area contributed by atoms with Crippen molar-refractivity contribution in [3.8, 4) is 0 Å². The quantitative estimate of drug-likeness (QED) is 0.730. The first-order valence-electron chi connectivity index (χ1n) is 8.73. The highest BCUT2D eigenvalue weighted by Crippen LogP contribution is 2.36. The van der Waals surface area contributed by atoms with Gasteiger partial charge in [-0.25, -0.2) is 4.79 Å². The van der Waals surface area contributed by atoms with E-state index < -0.39 is 5.60 Å². The number of ether oxygens (including phenoxy) is 1. The molecule has 22 heavy (non-hydrogen) atoms. The zero-order valence-corrected chi connectivity index (χ0v) is 14.7. The number of rotatable bonds is 1. The van der Waals surface area contributed by atoms with E-state index in [1.165, 1.54) is 0 Å². The number of amides is 1. The molecule has 0 aromatic carbocycles. The van der Waals surface area contributed by atoms with Crippen LogP contribution in [-0.2, 0) is 9.53 Å². The lowest BCUT2D eigenvalue weighted by Gasteiger charge is -2.45. The Balaban J connectivity index is 2.19. The number of likely N-dealkylation sites (tertiary alicyclic amines) is 1. The van der Waals surface area contributed by atoms with Gasteiger partial charge in [-0.05, 0) is 65.7 Å². The monoisotopic (exact) mass is 309 g/mol. The van der Waals surface area contributed by atoms with Crippen LogP contribution in [0.3, 0.4) is 0 Å². The van der Waals surface area contributed by atoms with Gasteiger partial charge in [0.2, 0.25) is 0 Å². The Kier molecular flexibility index (Phi) is 5.18. The topological polar surface area (TPSA) is 46.6 Å². The Morgan fingerprint density at radius 1 is 1.18 bits per heavy atom. The maximum Gasteiger partial charge on any atom is 0.410 e. The van der Waals surface area contributed by atoms with Crippen molar-refractivity contribution in [2.45, 2.75) is 90.8 Å². The van der Waals surface area contributed by atoms with Crippen molar-refractivity contribution in [1.29, 1.82) is 0 Å². The molecular formula is C18H31NO3. The smallest absolute Gasteiger partial charge is 0.410 e. The van der Waals surface area contributed by atoms with E-state index in [0.717, 1.165) is 32.1 Å². The Bertz CT molecular complexity index is 427. The molecule has 0 spiro atoms. The minimum atomic E-state index is -0.497. The van der Waals surface area contributed by atoms with Crippen LogP contribution in [0, 0.1) is 11.8 Å². The fourth-order valence-electron chi connectivity index (χ4n) is 3.88. The third kappa shape index (κ3) is 4.02. The molecule has 4 nitrogen and oxygen atoms in total. The maximum atomic E-state index is 12.7. The van der Waals surface area contributed by atoms with Gasteiger partial charge >= 0.3 is 6.09 Å². The fourth-order valence-corrected chi connectivity index (χ4v) is 3.88. The molecule has 1 saturated carbocycles. The second-order valence-electron chi connectivity index (χ2n) is 8.19. The third-order valence-electron chi connectivity index (χ3n) is 4.98. The largest absolute Gasteiger partial charge is 0.444 e. The van der Waals surface area contributed by atoms with Crippen LogP contribution in [0.4, 0.5) is 4.79 Å². The lowest BCUT2D eigenvalue weighted by atomic mass is 9.74. The summed E-state index contributed by atoms with van der Waals surface area (Å²) in [5.74, 6) is 0.908. The van der Waals surface area contributed by atoms with Crippen molar-refractivity contribution in [3.63, 3.8) is 0 Å². The molecule has 4 heteroatoms. The molecule has 0 radical (unpaired) electrons. The number of carbonyl (C=O) groups excluding carboxylic acids is 2. The highest BCUT2D eigenvalue weighted by molar-refractivity contribution is 5.83. The molecule has 0 aromatic rings. The van der Waals surface area contributed by atoms with Gasteiger partial charge in [0.25, 0.3) is 0 Å². The lowest BCUT2D eigenvalue weighted by molar-refractivity contribution is -0.129. The van der Waals surface area contributed by atoms with Crippen LogP contribution in [0.15, 0.2) is 0 Å². The SMILES string of the molecule is CC1CCC(=O)C(C2CCCC(C)N2C(=O)OC(C)(C)C)C1. The molecule has 4 unspecified atom stereocenters. The van der Waals surface area contributed by atoms with Gasteiger partial charge in [0.1, 0.15) is 11.4 Å². The van der Waals surface area contributed by atoms with Crippen molar-refractivity contribution in [2.24, 2.45) is 11.8 Å². The normalized spacial score (nSPS) is 33.7. The predicted octanol–water partition coefficient (Wildman–Crippen LogP) is 4.17. The second kappa shape index (κ2) is 6.59. The van der Waals surface area contributed by atoms with Crippen molar-refractivity contribution in [3.05, 3.63) is 0 Å². The van der Waals surface area contributed by atoms with Crippen LogP contribution in [0.25, 0.3) is 0 Å². The predicted molar refractivity (Wildman–Crippen MR) is 86.7 cm³/mol. The van der Waals surface area contributed by atoms with Gasteiger partial charge < -0.3 is 9.64 Å². The van der Waals surface area contributed by atoms with Gasteiger partial charge in [-0.15, -0.1) is 0 Å². The van der Waals surface area contributed by atoms with E-state index in [2.05, 4.69) is 13.8 Å². The number of hydrogen-bond acceptors (Lipinski definition) is 3. The summed E-state index contributed by atoms with van der Waals surface area (Å²) in [5.41, 5.74) is -0.497. The summed E-state index contributed by atoms with van der Waals surface area (Å²) in [6.45, 7) is 9.96. The summed E-state index contributed by atoms with van der Waals surface area (Å²) < 4.78 is 5.61. The van der Waals surface area contributed by atoms with Crippen LogP contribution >= 0.6 is 0 Å². The highest BCUT2D eigenvalue weighted by atomic mass is 16.6. The Labute approximate surface area is 134 Å². The van der Waals surface area contributed by atoms with E-state index >= 15 is 0 Å². The number of hydrogen-bond donors (Lipinski definition) is 0. The average Bonchev–Trinajstić information content (AvgIpc) is 2.39. The molecule has 0 N–H and O–H groups in total. The van der Waals surface area contributed by atoms with Crippen LogP contribution in [0.5, 0.6) is 0 Å². The molecule has 1 heterocycles. The fraction of sp³-hybridized carbons (Fsp3) is 0.889. The number of Topliss-reactive ketones (excluding diaryl/α,β-unsaturated/α-hetero) is 1. The van der Waals surface area contributed by atoms with Crippen molar-refractivity contribution in [2.75, 3.05) is 0 Å². The van der Waals surface area contributed by atoms with E-state index in [0.29, 0.717) is 18.1 Å². The van der Waals surface area contributed by atoms with E-state index in [1.807, 2.05) is 25.7 Å². The molecule has 1 saturated heterocycles. The van der Waals surface area contributed by atoms with E-state index in [1.54, 1.807) is 0 Å². The molecule has 2 aliphatic rings. The van der Waals surface area contributed by atoms with Crippen LogP contribution in [0.1, 0.15) is 73.1 Å². The van der Waals surface area contributed by atoms with Crippen LogP contribution < -0.4 is 0 Å². The molecule has 1 aliphatic heterocycles. The van der Waals surface area contributed by atoms with Gasteiger partial charge in [-0.2, -0.15) is 0 Å². The summed E-state index contributed by atoms with van der Waals surface area (Å²) in [6.07, 6.45) is 5.32. The minimum Gasteiger partial charge on any atom is -0.444 e. The van der Waals surface area contributed by atoms with E-state index in [-0.39, 0.29) is 24.1 Å². The molecule has 1 aliphatic carbocycles. The zero-order chi connectivity index (χ0) is 16.5. The second-order valence-corrected chi connectivity index (χ2v) is 8.19. The van der Waals surface area contributed by atoms with Crippen LogP contribution in [0.2, 0.25) is 0 Å². The first kappa shape index (κ1) is 17.3. The minimum absolute atomic E-state index is 0.000909. The van der Waals surface area contributed by atoms with Gasteiger partial charge in [-0.1, -0.05) is 6.92 Å². The molecule has 0 bridgehead atoms. The number of carbonyl (C=O) groups is 2. The van der Waals surface area contributed by atoms with Gasteiger partial charge in [-0.3, -0.25) is 4.79 Å². The molecule has 1 amide bonds. The third-order valence-corrected chi connectivity index (χ3v) is 4.98. The van der Waals surface area contributed by atoms with Gasteiger partial charge in [0.15, 0.2) is 0 Å². The van der Waals surface area contributed by atoms with Gasteiger partial charge in [0.05, 0.1) is 0 Å². The standard InChI is InChI=1S/C18H31NO3/c1-12-9-10-16(20)14(11-12)15-8-6-7-13(2)19(15)17(21)22-18(3,4)5/h12-15H,6-11H2,1-5H3. The Morgan fingerprint density at radius 2 is 1.86 bits per heavy atom. The summed E-state index contributed by atoms with van der Waals surface area (Å²) >= 11 is 0. The highest BCUT2D eigenvalue weighted by Gasteiger charge is 2.42. The summed E-state index contributed by atoms with van der Waals surface area (Å²) in [5, 5.41) is 0. The number of piperidine rings is 1. The van der Waals surface area contributed by atoms with Crippen molar-refractivity contribution in [1.82, 2.24) is 4.90 Å². The Hall–Kier alpha value is -1.06. The van der Waals surface area contributed by atoms with Gasteiger partial charge in [0, 0.05) is 24.4 Å². The first-order chi connectivity index (χ1) is 10.2. The van der Waals surface area contributed by atoms with Crippen LogP contribution in [-0.4, -0.2) is 34.5 Å². The molecule has 0 aromatic heterocycles. The van der Waals surface area contributed by atoms with Crippen molar-refractivity contribution >= 4 is 11.9 Å². The first-order valence-corrected chi connectivity index (χ1v) is 8.73.